The number of carbonyl (C=O) groups excluding carboxylic acids is 1. The van der Waals surface area contributed by atoms with Gasteiger partial charge < -0.3 is 0 Å². The summed E-state index contributed by atoms with van der Waals surface area (Å²) in [6.07, 6.45) is -3.45. The fraction of sp³-hybridized carbons (Fsp3) is 0.400. The summed E-state index contributed by atoms with van der Waals surface area (Å²) in [6, 6.07) is 13.6. The van der Waals surface area contributed by atoms with Crippen LogP contribution < -0.4 is 0 Å². The summed E-state index contributed by atoms with van der Waals surface area (Å²) in [7, 11) is 0. The number of rotatable bonds is 4. The summed E-state index contributed by atoms with van der Waals surface area (Å²) in [5, 5.41) is 20.2. The van der Waals surface area contributed by atoms with Gasteiger partial charge in [-0.3, -0.25) is 0 Å². The molecule has 1 aliphatic heterocycles. The van der Waals surface area contributed by atoms with Crippen molar-refractivity contribution in [1.29, 1.82) is 0 Å². The third-order valence-electron chi connectivity index (χ3n) is 5.75. The Labute approximate surface area is 218 Å². The molecule has 0 aliphatic carbocycles. The van der Waals surface area contributed by atoms with Crippen LogP contribution in [0.2, 0.25) is 4.71 Å². The Balaban J connectivity index is 1.67. The number of likely N-dealkylation sites (tertiary alicyclic amines) is 1. The number of phenols is 1. The van der Waals surface area contributed by atoms with E-state index in [4.69, 9.17) is 4.74 Å². The summed E-state index contributed by atoms with van der Waals surface area (Å²) in [5.41, 5.74) is 0.829. The molecule has 1 fully saturated rings. The Morgan fingerprint density at radius 3 is 2.57 bits per heavy atom. The molecular weight excluding hydrogens is 550 g/mol. The van der Waals surface area contributed by atoms with Crippen molar-refractivity contribution in [3.8, 4) is 11.4 Å². The van der Waals surface area contributed by atoms with Crippen LogP contribution >= 0.6 is 0 Å². The van der Waals surface area contributed by atoms with Crippen molar-refractivity contribution in [2.24, 2.45) is 0 Å². The van der Waals surface area contributed by atoms with Crippen molar-refractivity contribution in [2.75, 3.05) is 6.54 Å². The van der Waals surface area contributed by atoms with Crippen LogP contribution in [0.3, 0.4) is 0 Å². The summed E-state index contributed by atoms with van der Waals surface area (Å²) in [6.45, 7) is 6.04. The molecule has 3 aromatic rings. The third kappa shape index (κ3) is 6.39. The molecule has 0 radical (unpaired) electrons. The number of nitrogens with zero attached hydrogens (tertiary/aromatic N) is 5. The van der Waals surface area contributed by atoms with E-state index in [1.165, 1.54) is 18.2 Å². The van der Waals surface area contributed by atoms with Crippen LogP contribution in [0, 0.1) is 0 Å². The first-order valence-corrected chi connectivity index (χ1v) is 13.9. The van der Waals surface area contributed by atoms with Gasteiger partial charge in [0.15, 0.2) is 0 Å². The van der Waals surface area contributed by atoms with Gasteiger partial charge in [0.2, 0.25) is 0 Å². The average Bonchev–Trinajstić information content (AvgIpc) is 3.34. The fourth-order valence-electron chi connectivity index (χ4n) is 4.20. The van der Waals surface area contributed by atoms with E-state index in [0.29, 0.717) is 16.8 Å². The monoisotopic (exact) mass is 577 g/mol. The minimum absolute atomic E-state index is 0.0586. The standard InChI is InChI=1S/C25H27AsF3N5O3/c1-24(2,3)37-23(36)33-13-7-10-19(21(33)16-8-5-4-6-9-16)26-15-17-14-18(11-12-20(17)35)34-22(25(27,28)29)30-31-32-34/h4-6,8-9,11-12,14-15,19,21,35H,7,10,13H2,1-3H3/t19-,21-/m0/s1. The van der Waals surface area contributed by atoms with Gasteiger partial charge in [-0.1, -0.05) is 0 Å². The Hall–Kier alpha value is -3.20. The van der Waals surface area contributed by atoms with Crippen LogP contribution in [0.1, 0.15) is 56.6 Å². The van der Waals surface area contributed by atoms with Crippen LogP contribution in [0.4, 0.5) is 18.0 Å². The van der Waals surface area contributed by atoms with Gasteiger partial charge in [-0.2, -0.15) is 0 Å². The first kappa shape index (κ1) is 26.8. The molecule has 12 heteroatoms. The first-order chi connectivity index (χ1) is 17.4. The number of piperidine rings is 1. The van der Waals surface area contributed by atoms with Crippen LogP contribution in [0.5, 0.6) is 5.75 Å². The van der Waals surface area contributed by atoms with E-state index >= 15 is 0 Å². The average molecular weight is 577 g/mol. The van der Waals surface area contributed by atoms with Crippen molar-refractivity contribution >= 4 is 26.2 Å². The second-order valence-corrected chi connectivity index (χ2v) is 12.2. The van der Waals surface area contributed by atoms with Crippen molar-refractivity contribution < 1.29 is 27.8 Å². The number of aromatic nitrogens is 4. The second kappa shape index (κ2) is 10.7. The number of alkyl halides is 3. The number of aromatic hydroxyl groups is 1. The van der Waals surface area contributed by atoms with Gasteiger partial charge in [-0.15, -0.1) is 0 Å². The molecule has 196 valence electrons. The summed E-state index contributed by atoms with van der Waals surface area (Å²) in [5.74, 6) is -1.31. The zero-order chi connectivity index (χ0) is 26.8. The van der Waals surface area contributed by atoms with Gasteiger partial charge in [-0.05, 0) is 0 Å². The number of benzene rings is 2. The molecule has 0 saturated carbocycles. The van der Waals surface area contributed by atoms with Crippen LogP contribution in [-0.2, 0) is 10.9 Å². The molecule has 1 aromatic heterocycles. The van der Waals surface area contributed by atoms with Gasteiger partial charge in [0, 0.05) is 0 Å². The van der Waals surface area contributed by atoms with E-state index in [1.54, 1.807) is 4.90 Å². The number of phenolic OH excluding ortho intramolecular Hbond substituents is 1. The molecule has 37 heavy (non-hydrogen) atoms. The Morgan fingerprint density at radius 1 is 1.16 bits per heavy atom. The SMILES string of the molecule is CC(C)(C)OC(=O)N1CCC[C@H]([As]=Cc2cc(-n3nnnc3C(F)(F)F)ccc2O)[C@@H]1c1ccccc1. The molecule has 0 unspecified atom stereocenters. The van der Waals surface area contributed by atoms with Crippen molar-refractivity contribution in [3.63, 3.8) is 0 Å². The van der Waals surface area contributed by atoms with Gasteiger partial charge in [0.1, 0.15) is 0 Å². The van der Waals surface area contributed by atoms with E-state index in [9.17, 15) is 23.1 Å². The molecule has 1 saturated heterocycles. The first-order valence-electron chi connectivity index (χ1n) is 11.7. The molecule has 2 aromatic carbocycles. The van der Waals surface area contributed by atoms with Gasteiger partial charge in [0.25, 0.3) is 0 Å². The molecule has 1 aliphatic rings. The number of ether oxygens (including phenoxy) is 1. The van der Waals surface area contributed by atoms with Crippen LogP contribution in [-0.4, -0.2) is 68.6 Å². The maximum atomic E-state index is 13.3. The van der Waals surface area contributed by atoms with Crippen molar-refractivity contribution in [3.05, 3.63) is 65.5 Å². The number of hydrogen-bond acceptors (Lipinski definition) is 6. The number of carbonyl (C=O) groups is 1. The summed E-state index contributed by atoms with van der Waals surface area (Å²) < 4.78 is 46.2. The molecular formula is C25H27AsF3N5O3. The van der Waals surface area contributed by atoms with Crippen LogP contribution in [0.25, 0.3) is 5.69 Å². The second-order valence-electron chi connectivity index (χ2n) is 9.67. The van der Waals surface area contributed by atoms with Crippen molar-refractivity contribution in [1.82, 2.24) is 25.1 Å². The van der Waals surface area contributed by atoms with Crippen LogP contribution in [0.15, 0.2) is 48.5 Å². The van der Waals surface area contributed by atoms with E-state index in [0.717, 1.165) is 18.4 Å². The molecule has 1 N–H and O–H groups in total. The predicted octanol–water partition coefficient (Wildman–Crippen LogP) is 4.80. The van der Waals surface area contributed by atoms with Crippen molar-refractivity contribution in [2.45, 2.75) is 56.1 Å². The molecule has 2 atom stereocenters. The summed E-state index contributed by atoms with van der Waals surface area (Å²) >= 11 is -0.582. The predicted molar refractivity (Wildman–Crippen MR) is 132 cm³/mol. The molecule has 2 heterocycles. The Kier molecular flexibility index (Phi) is 7.73. The van der Waals surface area contributed by atoms with E-state index in [-0.39, 0.29) is 28.3 Å². The minimum atomic E-state index is -4.73. The topological polar surface area (TPSA) is 93.4 Å². The quantitative estimate of drug-likeness (QED) is 0.448. The normalized spacial score (nSPS) is 18.8. The zero-order valence-corrected chi connectivity index (χ0v) is 22.4. The van der Waals surface area contributed by atoms with Gasteiger partial charge in [-0.25, -0.2) is 0 Å². The molecule has 1 amide bonds. The fourth-order valence-corrected chi connectivity index (χ4v) is 7.11. The zero-order valence-electron chi connectivity index (χ0n) is 20.6. The summed E-state index contributed by atoms with van der Waals surface area (Å²) in [4.78, 5) is 16.7. The van der Waals surface area contributed by atoms with Gasteiger partial charge in [0.05, 0.1) is 0 Å². The molecule has 0 bridgehead atoms. The van der Waals surface area contributed by atoms with E-state index < -0.39 is 32.9 Å². The Bertz CT molecular complexity index is 1270. The van der Waals surface area contributed by atoms with E-state index in [2.05, 4.69) is 15.5 Å². The third-order valence-corrected chi connectivity index (χ3v) is 8.59. The molecule has 0 spiro atoms. The number of halogens is 3. The number of amides is 1. The number of tetrazole rings is 1. The maximum absolute atomic E-state index is 13.3. The Morgan fingerprint density at radius 2 is 1.89 bits per heavy atom. The van der Waals surface area contributed by atoms with Gasteiger partial charge >= 0.3 is 219 Å². The number of hydrogen-bond donors (Lipinski definition) is 1. The molecule has 8 nitrogen and oxygen atoms in total. The van der Waals surface area contributed by atoms with E-state index in [1.807, 2.05) is 55.9 Å². The molecule has 4 rings (SSSR count).